The summed E-state index contributed by atoms with van der Waals surface area (Å²) in [5.74, 6) is -1.02. The molecule has 0 saturated carbocycles. The number of aryl methyl sites for hydroxylation is 2. The fourth-order valence-corrected chi connectivity index (χ4v) is 5.70. The number of imide groups is 1. The molecule has 13 heteroatoms. The molecule has 2 heterocycles. The lowest BCUT2D eigenvalue weighted by Gasteiger charge is -2.21. The third-order valence-corrected chi connectivity index (χ3v) is 8.35. The van der Waals surface area contributed by atoms with Crippen LogP contribution in [0.4, 0.5) is 15.7 Å². The Labute approximate surface area is 290 Å². The van der Waals surface area contributed by atoms with Crippen molar-refractivity contribution in [2.75, 3.05) is 10.6 Å². The van der Waals surface area contributed by atoms with Crippen LogP contribution in [-0.4, -0.2) is 49.8 Å². The standard InChI is InChI=1S/C36H43N7O5S/c1-23(20-32(45)48-36(3,4)5)27-15-11-12-25(21-27)22-30(44)37-29-19-18-28(40-41-29)16-9-10-17-31-42-43-35(49-31)39-34(47)38-33(46)24(2)26-13-7-6-8-14-26/h6-8,11-15,18-19,21,23-24H,9-10,16-17,20,22H2,1-5H3,(H,37,41,44)(H2,38,39,43,46,47). The Balaban J connectivity index is 1.15. The number of nitrogens with one attached hydrogen (secondary N) is 3. The number of nitrogens with zero attached hydrogens (tertiary/aromatic N) is 4. The molecule has 0 fully saturated rings. The molecule has 0 radical (unpaired) electrons. The highest BCUT2D eigenvalue weighted by molar-refractivity contribution is 7.15. The minimum Gasteiger partial charge on any atom is -0.460 e. The summed E-state index contributed by atoms with van der Waals surface area (Å²) in [5, 5.41) is 25.4. The zero-order chi connectivity index (χ0) is 35.4. The first kappa shape index (κ1) is 36.8. The van der Waals surface area contributed by atoms with Crippen LogP contribution >= 0.6 is 11.3 Å². The zero-order valence-electron chi connectivity index (χ0n) is 28.5. The maximum absolute atomic E-state index is 12.7. The summed E-state index contributed by atoms with van der Waals surface area (Å²) in [7, 11) is 0. The Morgan fingerprint density at radius 3 is 2.27 bits per heavy atom. The molecule has 258 valence electrons. The Kier molecular flexibility index (Phi) is 13.1. The fourth-order valence-electron chi connectivity index (χ4n) is 4.92. The molecule has 2 unspecified atom stereocenters. The van der Waals surface area contributed by atoms with Gasteiger partial charge in [-0.3, -0.25) is 25.0 Å². The number of aromatic nitrogens is 4. The number of carbonyl (C=O) groups excluding carboxylic acids is 4. The molecule has 2 aromatic heterocycles. The number of amides is 4. The number of hydrogen-bond donors (Lipinski definition) is 3. The van der Waals surface area contributed by atoms with Crippen LogP contribution in [0.1, 0.15) is 93.1 Å². The minimum atomic E-state index is -0.648. The molecule has 0 aliphatic carbocycles. The van der Waals surface area contributed by atoms with Crippen molar-refractivity contribution in [3.63, 3.8) is 0 Å². The number of anilines is 2. The number of urea groups is 1. The molecule has 0 saturated heterocycles. The predicted molar refractivity (Wildman–Crippen MR) is 188 cm³/mol. The van der Waals surface area contributed by atoms with Crippen molar-refractivity contribution in [3.8, 4) is 0 Å². The highest BCUT2D eigenvalue weighted by Crippen LogP contribution is 2.23. The average molecular weight is 686 g/mol. The Morgan fingerprint density at radius 2 is 1.55 bits per heavy atom. The van der Waals surface area contributed by atoms with E-state index in [1.54, 1.807) is 13.0 Å². The van der Waals surface area contributed by atoms with E-state index in [0.717, 1.165) is 40.2 Å². The number of rotatable bonds is 14. The van der Waals surface area contributed by atoms with E-state index >= 15 is 0 Å². The van der Waals surface area contributed by atoms with E-state index in [2.05, 4.69) is 36.3 Å². The van der Waals surface area contributed by atoms with E-state index in [1.807, 2.05) is 88.4 Å². The van der Waals surface area contributed by atoms with Crippen LogP contribution < -0.4 is 16.0 Å². The number of esters is 1. The van der Waals surface area contributed by atoms with Gasteiger partial charge in [-0.2, -0.15) is 5.10 Å². The van der Waals surface area contributed by atoms with E-state index in [9.17, 15) is 19.2 Å². The van der Waals surface area contributed by atoms with Gasteiger partial charge >= 0.3 is 12.0 Å². The number of carbonyl (C=O) groups is 4. The second kappa shape index (κ2) is 17.4. The van der Waals surface area contributed by atoms with Crippen LogP contribution in [0.3, 0.4) is 0 Å². The van der Waals surface area contributed by atoms with Gasteiger partial charge in [0.2, 0.25) is 16.9 Å². The van der Waals surface area contributed by atoms with Crippen molar-refractivity contribution in [1.29, 1.82) is 0 Å². The van der Waals surface area contributed by atoms with Gasteiger partial charge in [0.05, 0.1) is 24.5 Å². The molecule has 0 spiro atoms. The van der Waals surface area contributed by atoms with Gasteiger partial charge in [0.25, 0.3) is 0 Å². The maximum atomic E-state index is 12.7. The van der Waals surface area contributed by atoms with Crippen LogP contribution in [0.15, 0.2) is 66.7 Å². The summed E-state index contributed by atoms with van der Waals surface area (Å²) < 4.78 is 5.44. The van der Waals surface area contributed by atoms with E-state index in [4.69, 9.17) is 4.74 Å². The Morgan fingerprint density at radius 1 is 0.816 bits per heavy atom. The van der Waals surface area contributed by atoms with Crippen molar-refractivity contribution in [3.05, 3.63) is 94.1 Å². The molecule has 0 aliphatic heterocycles. The Hall–Kier alpha value is -5.04. The second-order valence-corrected chi connectivity index (χ2v) is 13.9. The van der Waals surface area contributed by atoms with Crippen LogP contribution in [0.2, 0.25) is 0 Å². The number of hydrogen-bond acceptors (Lipinski definition) is 10. The molecule has 12 nitrogen and oxygen atoms in total. The summed E-state index contributed by atoms with van der Waals surface area (Å²) in [6.45, 7) is 9.24. The quantitative estimate of drug-likeness (QED) is 0.101. The van der Waals surface area contributed by atoms with Gasteiger partial charge in [0, 0.05) is 6.42 Å². The van der Waals surface area contributed by atoms with E-state index in [-0.39, 0.29) is 30.6 Å². The number of ether oxygens (including phenoxy) is 1. The molecule has 0 bridgehead atoms. The van der Waals surface area contributed by atoms with Gasteiger partial charge in [-0.25, -0.2) is 4.79 Å². The smallest absolute Gasteiger partial charge is 0.327 e. The minimum absolute atomic E-state index is 0.0464. The third-order valence-electron chi connectivity index (χ3n) is 7.46. The molecular formula is C36H43N7O5S. The number of unbranched alkanes of at least 4 members (excludes halogenated alkanes) is 1. The van der Waals surface area contributed by atoms with Gasteiger partial charge in [0.15, 0.2) is 5.82 Å². The van der Waals surface area contributed by atoms with E-state index in [0.29, 0.717) is 23.8 Å². The van der Waals surface area contributed by atoms with Gasteiger partial charge in [-0.1, -0.05) is 72.9 Å². The number of benzene rings is 2. The Bertz CT molecular complexity index is 1720. The summed E-state index contributed by atoms with van der Waals surface area (Å²) in [5.41, 5.74) is 2.89. The van der Waals surface area contributed by atoms with Crippen LogP contribution in [0, 0.1) is 0 Å². The molecule has 4 amide bonds. The summed E-state index contributed by atoms with van der Waals surface area (Å²) >= 11 is 1.26. The van der Waals surface area contributed by atoms with Crippen LogP contribution in [-0.2, 0) is 38.4 Å². The summed E-state index contributed by atoms with van der Waals surface area (Å²) in [6, 6.07) is 19.8. The topological polar surface area (TPSA) is 165 Å². The van der Waals surface area contributed by atoms with Crippen molar-refractivity contribution in [2.45, 2.75) is 90.6 Å². The van der Waals surface area contributed by atoms with Gasteiger partial charge in [-0.15, -0.1) is 15.3 Å². The van der Waals surface area contributed by atoms with Crippen molar-refractivity contribution < 1.29 is 23.9 Å². The molecule has 3 N–H and O–H groups in total. The molecule has 4 aromatic rings. The van der Waals surface area contributed by atoms with Crippen molar-refractivity contribution in [1.82, 2.24) is 25.7 Å². The summed E-state index contributed by atoms with van der Waals surface area (Å²) in [6.07, 6.45) is 3.45. The van der Waals surface area contributed by atoms with Gasteiger partial charge in [-0.05, 0) is 81.7 Å². The van der Waals surface area contributed by atoms with E-state index < -0.39 is 23.5 Å². The lowest BCUT2D eigenvalue weighted by atomic mass is 9.95. The zero-order valence-corrected chi connectivity index (χ0v) is 29.3. The molecule has 2 aromatic carbocycles. The molecule has 0 aliphatic rings. The largest absolute Gasteiger partial charge is 0.460 e. The molecule has 2 atom stereocenters. The normalized spacial score (nSPS) is 12.4. The van der Waals surface area contributed by atoms with Crippen LogP contribution in [0.5, 0.6) is 0 Å². The average Bonchev–Trinajstić information content (AvgIpc) is 3.49. The maximum Gasteiger partial charge on any atom is 0.327 e. The fraction of sp³-hybridized carbons (Fsp3) is 0.389. The first-order valence-corrected chi connectivity index (χ1v) is 17.1. The third kappa shape index (κ3) is 12.5. The first-order valence-electron chi connectivity index (χ1n) is 16.3. The van der Waals surface area contributed by atoms with Crippen LogP contribution in [0.25, 0.3) is 0 Å². The lowest BCUT2D eigenvalue weighted by Crippen LogP contribution is -2.36. The summed E-state index contributed by atoms with van der Waals surface area (Å²) in [4.78, 5) is 49.7. The molecular weight excluding hydrogens is 643 g/mol. The monoisotopic (exact) mass is 685 g/mol. The van der Waals surface area contributed by atoms with Crippen molar-refractivity contribution >= 4 is 46.1 Å². The van der Waals surface area contributed by atoms with Crippen molar-refractivity contribution in [2.24, 2.45) is 0 Å². The second-order valence-electron chi connectivity index (χ2n) is 12.9. The highest BCUT2D eigenvalue weighted by Gasteiger charge is 2.20. The van der Waals surface area contributed by atoms with Gasteiger partial charge < -0.3 is 10.1 Å². The SMILES string of the molecule is CC(CC(=O)OC(C)(C)C)c1cccc(CC(=O)Nc2ccc(CCCCc3nnc(NC(=O)NC(=O)C(C)c4ccccc4)s3)nn2)c1. The van der Waals surface area contributed by atoms with Gasteiger partial charge in [0.1, 0.15) is 10.6 Å². The molecule has 49 heavy (non-hydrogen) atoms. The highest BCUT2D eigenvalue weighted by atomic mass is 32.1. The van der Waals surface area contributed by atoms with E-state index in [1.165, 1.54) is 11.3 Å². The molecule has 4 rings (SSSR count). The predicted octanol–water partition coefficient (Wildman–Crippen LogP) is 6.36. The lowest BCUT2D eigenvalue weighted by molar-refractivity contribution is -0.155. The first-order chi connectivity index (χ1) is 23.3.